The monoisotopic (exact) mass is 438 g/mol. The number of anilines is 2. The Hall–Kier alpha value is -2.85. The van der Waals surface area contributed by atoms with Gasteiger partial charge in [0.25, 0.3) is 0 Å². The Kier molecular flexibility index (Phi) is 5.65. The maximum atomic E-state index is 13.1. The lowest BCUT2D eigenvalue weighted by Gasteiger charge is -2.41. The minimum Gasteiger partial charge on any atom is -0.353 e. The first kappa shape index (κ1) is 20.1. The van der Waals surface area contributed by atoms with Crippen LogP contribution in [-0.2, 0) is 4.79 Å². The summed E-state index contributed by atoms with van der Waals surface area (Å²) in [6.07, 6.45) is 5.16. The van der Waals surface area contributed by atoms with Gasteiger partial charge in [-0.1, -0.05) is 0 Å². The van der Waals surface area contributed by atoms with E-state index >= 15 is 0 Å². The van der Waals surface area contributed by atoms with Gasteiger partial charge in [-0.05, 0) is 24.4 Å². The highest BCUT2D eigenvalue weighted by Crippen LogP contribution is 2.27. The van der Waals surface area contributed by atoms with E-state index in [2.05, 4.69) is 46.1 Å². The van der Waals surface area contributed by atoms with Crippen LogP contribution in [-0.4, -0.2) is 94.0 Å². The van der Waals surface area contributed by atoms with Crippen LogP contribution in [0.3, 0.4) is 0 Å². The molecule has 2 aliphatic heterocycles. The molecule has 0 N–H and O–H groups in total. The van der Waals surface area contributed by atoms with Crippen molar-refractivity contribution >= 4 is 39.2 Å². The second-order valence-electron chi connectivity index (χ2n) is 7.90. The predicted molar refractivity (Wildman–Crippen MR) is 121 cm³/mol. The Bertz CT molecular complexity index is 1030. The van der Waals surface area contributed by atoms with Crippen LogP contribution in [0.2, 0.25) is 0 Å². The highest BCUT2D eigenvalue weighted by Gasteiger charge is 2.31. The molecule has 5 heterocycles. The van der Waals surface area contributed by atoms with Crippen LogP contribution in [0.4, 0.5) is 11.8 Å². The molecule has 2 fully saturated rings. The number of piperazine rings is 2. The van der Waals surface area contributed by atoms with Gasteiger partial charge in [0, 0.05) is 64.8 Å². The topological polar surface area (TPSA) is 81.6 Å². The molecule has 5 rings (SSSR count). The van der Waals surface area contributed by atoms with Gasteiger partial charge in [0.2, 0.25) is 11.9 Å². The van der Waals surface area contributed by atoms with Crippen LogP contribution in [0.1, 0.15) is 6.92 Å². The van der Waals surface area contributed by atoms with Crippen LogP contribution < -0.4 is 9.80 Å². The van der Waals surface area contributed by atoms with Gasteiger partial charge in [-0.2, -0.15) is 0 Å². The summed E-state index contributed by atoms with van der Waals surface area (Å²) in [4.78, 5) is 40.4. The van der Waals surface area contributed by atoms with Crippen LogP contribution in [0.5, 0.6) is 0 Å². The number of hydrogen-bond donors (Lipinski definition) is 0. The predicted octanol–water partition coefficient (Wildman–Crippen LogP) is 1.34. The second-order valence-corrected chi connectivity index (χ2v) is 8.79. The van der Waals surface area contributed by atoms with Gasteiger partial charge in [-0.25, -0.2) is 19.9 Å². The zero-order chi connectivity index (χ0) is 21.2. The average Bonchev–Trinajstić information content (AvgIpc) is 3.33. The number of aromatic nitrogens is 4. The molecule has 1 atom stereocenters. The van der Waals surface area contributed by atoms with Crippen molar-refractivity contribution in [3.8, 4) is 0 Å². The van der Waals surface area contributed by atoms with E-state index in [1.807, 2.05) is 17.9 Å². The molecular formula is C21H26N8OS. The van der Waals surface area contributed by atoms with Gasteiger partial charge < -0.3 is 14.7 Å². The van der Waals surface area contributed by atoms with E-state index in [1.165, 1.54) is 0 Å². The molecule has 0 spiro atoms. The highest BCUT2D eigenvalue weighted by molar-refractivity contribution is 7.16. The summed E-state index contributed by atoms with van der Waals surface area (Å²) in [5.74, 6) is 1.96. The molecule has 2 aliphatic rings. The summed E-state index contributed by atoms with van der Waals surface area (Å²) < 4.78 is 0. The standard InChI is InChI=1S/C21H26N8OS/c1-16(20(30)28-10-12-29(13-11-28)21-22-4-2-5-23-21)26-6-8-27(9-7-26)18-17-3-14-31-19(17)25-15-24-18/h2-5,14-16H,6-13H2,1H3. The van der Waals surface area contributed by atoms with E-state index in [0.29, 0.717) is 13.1 Å². The van der Waals surface area contributed by atoms with E-state index in [-0.39, 0.29) is 11.9 Å². The minimum absolute atomic E-state index is 0.117. The van der Waals surface area contributed by atoms with Crippen molar-refractivity contribution in [1.29, 1.82) is 0 Å². The second kappa shape index (κ2) is 8.72. The first-order valence-electron chi connectivity index (χ1n) is 10.7. The molecule has 3 aromatic heterocycles. The lowest BCUT2D eigenvalue weighted by atomic mass is 10.1. The van der Waals surface area contributed by atoms with E-state index in [4.69, 9.17) is 0 Å². The molecule has 0 radical (unpaired) electrons. The molecule has 0 saturated carbocycles. The van der Waals surface area contributed by atoms with Crippen LogP contribution >= 0.6 is 11.3 Å². The van der Waals surface area contributed by atoms with Crippen molar-refractivity contribution in [2.45, 2.75) is 13.0 Å². The molecule has 1 amide bonds. The molecule has 0 aromatic carbocycles. The molecular weight excluding hydrogens is 412 g/mol. The number of hydrogen-bond acceptors (Lipinski definition) is 9. The maximum Gasteiger partial charge on any atom is 0.239 e. The van der Waals surface area contributed by atoms with Crippen molar-refractivity contribution in [3.63, 3.8) is 0 Å². The van der Waals surface area contributed by atoms with Crippen LogP contribution in [0.25, 0.3) is 10.2 Å². The van der Waals surface area contributed by atoms with E-state index in [0.717, 1.165) is 61.3 Å². The lowest BCUT2D eigenvalue weighted by molar-refractivity contribution is -0.136. The fourth-order valence-electron chi connectivity index (χ4n) is 4.35. The molecule has 2 saturated heterocycles. The Morgan fingerprint density at radius 3 is 2.39 bits per heavy atom. The van der Waals surface area contributed by atoms with Gasteiger partial charge >= 0.3 is 0 Å². The third-order valence-corrected chi connectivity index (χ3v) is 7.01. The summed E-state index contributed by atoms with van der Waals surface area (Å²) in [7, 11) is 0. The van der Waals surface area contributed by atoms with E-state index < -0.39 is 0 Å². The van der Waals surface area contributed by atoms with Crippen molar-refractivity contribution in [1.82, 2.24) is 29.7 Å². The number of carbonyl (C=O) groups is 1. The van der Waals surface area contributed by atoms with Gasteiger partial charge in [-0.3, -0.25) is 9.69 Å². The first-order valence-corrected chi connectivity index (χ1v) is 11.6. The summed E-state index contributed by atoms with van der Waals surface area (Å²) in [5, 5.41) is 3.18. The third kappa shape index (κ3) is 4.05. The number of carbonyl (C=O) groups excluding carboxylic acids is 1. The molecule has 3 aromatic rings. The molecule has 1 unspecified atom stereocenters. The van der Waals surface area contributed by atoms with Gasteiger partial charge in [-0.15, -0.1) is 11.3 Å². The zero-order valence-electron chi connectivity index (χ0n) is 17.6. The number of thiophene rings is 1. The van der Waals surface area contributed by atoms with E-state index in [9.17, 15) is 4.79 Å². The molecule has 162 valence electrons. The summed E-state index contributed by atoms with van der Waals surface area (Å²) in [5.41, 5.74) is 0. The smallest absolute Gasteiger partial charge is 0.239 e. The number of amides is 1. The Morgan fingerprint density at radius 2 is 1.65 bits per heavy atom. The molecule has 10 heteroatoms. The average molecular weight is 439 g/mol. The fraction of sp³-hybridized carbons (Fsp3) is 0.476. The van der Waals surface area contributed by atoms with Crippen molar-refractivity contribution in [2.75, 3.05) is 62.2 Å². The molecule has 31 heavy (non-hydrogen) atoms. The van der Waals surface area contributed by atoms with Crippen molar-refractivity contribution in [3.05, 3.63) is 36.2 Å². The van der Waals surface area contributed by atoms with Crippen molar-refractivity contribution < 1.29 is 4.79 Å². The third-order valence-electron chi connectivity index (χ3n) is 6.19. The minimum atomic E-state index is -0.117. The number of fused-ring (bicyclic) bond motifs is 1. The quantitative estimate of drug-likeness (QED) is 0.604. The highest BCUT2D eigenvalue weighted by atomic mass is 32.1. The lowest BCUT2D eigenvalue weighted by Crippen LogP contribution is -2.57. The molecule has 0 bridgehead atoms. The fourth-order valence-corrected chi connectivity index (χ4v) is 5.08. The Morgan fingerprint density at radius 1 is 0.935 bits per heavy atom. The summed E-state index contributed by atoms with van der Waals surface area (Å²) >= 11 is 1.64. The molecule has 9 nitrogen and oxygen atoms in total. The largest absolute Gasteiger partial charge is 0.353 e. The Labute approximate surface area is 185 Å². The van der Waals surface area contributed by atoms with Crippen LogP contribution in [0.15, 0.2) is 36.2 Å². The molecule has 0 aliphatic carbocycles. The van der Waals surface area contributed by atoms with Gasteiger partial charge in [0.1, 0.15) is 17.0 Å². The first-order chi connectivity index (χ1) is 15.2. The summed E-state index contributed by atoms with van der Waals surface area (Å²) in [6.45, 7) is 8.39. The van der Waals surface area contributed by atoms with Crippen LogP contribution in [0, 0.1) is 0 Å². The number of rotatable bonds is 4. The SMILES string of the molecule is CC(C(=O)N1CCN(c2ncccn2)CC1)N1CCN(c2ncnc3sccc23)CC1. The van der Waals surface area contributed by atoms with Gasteiger partial charge in [0.15, 0.2) is 0 Å². The number of nitrogens with zero attached hydrogens (tertiary/aromatic N) is 8. The Balaban J connectivity index is 1.16. The zero-order valence-corrected chi connectivity index (χ0v) is 18.4. The normalized spacial score (nSPS) is 19.1. The summed E-state index contributed by atoms with van der Waals surface area (Å²) in [6, 6.07) is 3.79. The van der Waals surface area contributed by atoms with Crippen molar-refractivity contribution in [2.24, 2.45) is 0 Å². The maximum absolute atomic E-state index is 13.1. The van der Waals surface area contributed by atoms with Gasteiger partial charge in [0.05, 0.1) is 11.4 Å². The van der Waals surface area contributed by atoms with E-state index in [1.54, 1.807) is 30.1 Å².